The zero-order chi connectivity index (χ0) is 12.8. The number of benzene rings is 1. The van der Waals surface area contributed by atoms with Crippen LogP contribution >= 0.6 is 11.6 Å². The number of hydrogen-bond acceptors (Lipinski definition) is 3. The Kier molecular flexibility index (Phi) is 4.53. The SMILES string of the molecule is CCN(Cc1ccccc1)c1cncc(CCl)n1. The van der Waals surface area contributed by atoms with Crippen LogP contribution in [0, 0.1) is 0 Å². The third-order valence-corrected chi connectivity index (χ3v) is 3.00. The average molecular weight is 262 g/mol. The number of aromatic nitrogens is 2. The van der Waals surface area contributed by atoms with Gasteiger partial charge < -0.3 is 4.90 Å². The minimum Gasteiger partial charge on any atom is -0.351 e. The van der Waals surface area contributed by atoms with Gasteiger partial charge in [0.2, 0.25) is 0 Å². The summed E-state index contributed by atoms with van der Waals surface area (Å²) in [5, 5.41) is 0. The van der Waals surface area contributed by atoms with Gasteiger partial charge in [-0.25, -0.2) is 4.98 Å². The third kappa shape index (κ3) is 3.20. The fraction of sp³-hybridized carbons (Fsp3) is 0.286. The normalized spacial score (nSPS) is 10.3. The highest BCUT2D eigenvalue weighted by atomic mass is 35.5. The highest BCUT2D eigenvalue weighted by molar-refractivity contribution is 6.16. The highest BCUT2D eigenvalue weighted by Crippen LogP contribution is 2.14. The van der Waals surface area contributed by atoms with Crippen LogP contribution in [0.3, 0.4) is 0 Å². The van der Waals surface area contributed by atoms with E-state index in [9.17, 15) is 0 Å². The van der Waals surface area contributed by atoms with Gasteiger partial charge >= 0.3 is 0 Å². The topological polar surface area (TPSA) is 29.0 Å². The molecule has 1 heterocycles. The van der Waals surface area contributed by atoms with Crippen molar-refractivity contribution in [3.8, 4) is 0 Å². The average Bonchev–Trinajstić information content (AvgIpc) is 2.46. The minimum atomic E-state index is 0.393. The smallest absolute Gasteiger partial charge is 0.147 e. The minimum absolute atomic E-state index is 0.393. The summed E-state index contributed by atoms with van der Waals surface area (Å²) in [5.74, 6) is 1.27. The summed E-state index contributed by atoms with van der Waals surface area (Å²) in [6, 6.07) is 10.3. The highest BCUT2D eigenvalue weighted by Gasteiger charge is 2.07. The second-order valence-electron chi connectivity index (χ2n) is 4.00. The van der Waals surface area contributed by atoms with Crippen molar-refractivity contribution in [2.24, 2.45) is 0 Å². The summed E-state index contributed by atoms with van der Waals surface area (Å²) < 4.78 is 0. The second-order valence-corrected chi connectivity index (χ2v) is 4.27. The molecule has 0 fully saturated rings. The molecule has 18 heavy (non-hydrogen) atoms. The number of hydrogen-bond donors (Lipinski definition) is 0. The van der Waals surface area contributed by atoms with Gasteiger partial charge in [-0.05, 0) is 12.5 Å². The molecule has 0 N–H and O–H groups in total. The molecule has 0 aliphatic rings. The van der Waals surface area contributed by atoms with Gasteiger partial charge in [-0.2, -0.15) is 0 Å². The molecule has 3 nitrogen and oxygen atoms in total. The van der Waals surface area contributed by atoms with Crippen LogP contribution < -0.4 is 4.90 Å². The Bertz CT molecular complexity index is 487. The van der Waals surface area contributed by atoms with Crippen molar-refractivity contribution in [2.75, 3.05) is 11.4 Å². The first kappa shape index (κ1) is 12.8. The van der Waals surface area contributed by atoms with Crippen molar-refractivity contribution in [2.45, 2.75) is 19.3 Å². The lowest BCUT2D eigenvalue weighted by Gasteiger charge is -2.22. The molecule has 1 aromatic heterocycles. The fourth-order valence-electron chi connectivity index (χ4n) is 1.77. The number of alkyl halides is 1. The van der Waals surface area contributed by atoms with Crippen LogP contribution in [-0.4, -0.2) is 16.5 Å². The van der Waals surface area contributed by atoms with E-state index in [4.69, 9.17) is 11.6 Å². The van der Waals surface area contributed by atoms with Crippen LogP contribution in [0.2, 0.25) is 0 Å². The van der Waals surface area contributed by atoms with Crippen LogP contribution in [0.4, 0.5) is 5.82 Å². The van der Waals surface area contributed by atoms with Crippen LogP contribution in [0.15, 0.2) is 42.7 Å². The van der Waals surface area contributed by atoms with E-state index < -0.39 is 0 Å². The molecule has 94 valence electrons. The van der Waals surface area contributed by atoms with Crippen molar-refractivity contribution in [1.82, 2.24) is 9.97 Å². The van der Waals surface area contributed by atoms with Crippen LogP contribution in [0.25, 0.3) is 0 Å². The molecule has 4 heteroatoms. The van der Waals surface area contributed by atoms with Crippen molar-refractivity contribution in [3.63, 3.8) is 0 Å². The van der Waals surface area contributed by atoms with Gasteiger partial charge in [0.1, 0.15) is 5.82 Å². The van der Waals surface area contributed by atoms with Gasteiger partial charge in [0.05, 0.1) is 17.8 Å². The zero-order valence-corrected chi connectivity index (χ0v) is 11.1. The van der Waals surface area contributed by atoms with E-state index in [1.807, 2.05) is 18.2 Å². The standard InChI is InChI=1S/C14H16ClN3/c1-2-18(11-12-6-4-3-5-7-12)14-10-16-9-13(8-15)17-14/h3-7,9-10H,2,8,11H2,1H3. The second kappa shape index (κ2) is 6.36. The Morgan fingerprint density at radius 2 is 1.94 bits per heavy atom. The van der Waals surface area contributed by atoms with E-state index in [2.05, 4.69) is 33.9 Å². The molecule has 0 aliphatic heterocycles. The Morgan fingerprint density at radius 3 is 2.61 bits per heavy atom. The summed E-state index contributed by atoms with van der Waals surface area (Å²) in [4.78, 5) is 10.8. The Balaban J connectivity index is 2.17. The van der Waals surface area contributed by atoms with E-state index in [0.29, 0.717) is 5.88 Å². The number of rotatable bonds is 5. The summed E-state index contributed by atoms with van der Waals surface area (Å²) in [5.41, 5.74) is 2.07. The summed E-state index contributed by atoms with van der Waals surface area (Å²) in [6.07, 6.45) is 3.48. The summed E-state index contributed by atoms with van der Waals surface area (Å²) in [6.45, 7) is 3.82. The molecule has 0 spiro atoms. The molecule has 0 radical (unpaired) electrons. The van der Waals surface area contributed by atoms with Crippen LogP contribution in [0.1, 0.15) is 18.2 Å². The van der Waals surface area contributed by atoms with Gasteiger partial charge in [0.25, 0.3) is 0 Å². The zero-order valence-electron chi connectivity index (χ0n) is 10.4. The van der Waals surface area contributed by atoms with Crippen molar-refractivity contribution in [1.29, 1.82) is 0 Å². The molecule has 1 aromatic carbocycles. The lowest BCUT2D eigenvalue weighted by molar-refractivity contribution is 0.804. The first-order valence-corrected chi connectivity index (χ1v) is 6.52. The van der Waals surface area contributed by atoms with E-state index >= 15 is 0 Å². The van der Waals surface area contributed by atoms with Gasteiger partial charge in [-0.1, -0.05) is 30.3 Å². The number of nitrogens with zero attached hydrogens (tertiary/aromatic N) is 3. The molecule has 0 aliphatic carbocycles. The molecule has 2 aromatic rings. The molecule has 0 atom stereocenters. The van der Waals surface area contributed by atoms with E-state index in [1.54, 1.807) is 12.4 Å². The van der Waals surface area contributed by atoms with E-state index in [-0.39, 0.29) is 0 Å². The quantitative estimate of drug-likeness (QED) is 0.774. The molecule has 0 unspecified atom stereocenters. The Hall–Kier alpha value is -1.61. The fourth-order valence-corrected chi connectivity index (χ4v) is 1.90. The van der Waals surface area contributed by atoms with Crippen molar-refractivity contribution in [3.05, 3.63) is 54.0 Å². The van der Waals surface area contributed by atoms with Gasteiger partial charge in [0.15, 0.2) is 0 Å². The molecular weight excluding hydrogens is 246 g/mol. The summed E-state index contributed by atoms with van der Waals surface area (Å²) >= 11 is 5.79. The Morgan fingerprint density at radius 1 is 1.17 bits per heavy atom. The lowest BCUT2D eigenvalue weighted by atomic mass is 10.2. The molecule has 2 rings (SSSR count). The molecular formula is C14H16ClN3. The van der Waals surface area contributed by atoms with Crippen LogP contribution in [0.5, 0.6) is 0 Å². The molecule has 0 amide bonds. The largest absolute Gasteiger partial charge is 0.351 e. The van der Waals surface area contributed by atoms with Gasteiger partial charge in [-0.15, -0.1) is 11.6 Å². The molecule has 0 bridgehead atoms. The monoisotopic (exact) mass is 261 g/mol. The first-order chi connectivity index (χ1) is 8.83. The number of anilines is 1. The Labute approximate surface area is 112 Å². The predicted octanol–water partition coefficient (Wildman–Crippen LogP) is 3.24. The van der Waals surface area contributed by atoms with Gasteiger partial charge in [-0.3, -0.25) is 4.98 Å². The summed E-state index contributed by atoms with van der Waals surface area (Å²) in [7, 11) is 0. The van der Waals surface area contributed by atoms with E-state index in [0.717, 1.165) is 24.6 Å². The van der Waals surface area contributed by atoms with E-state index in [1.165, 1.54) is 5.56 Å². The van der Waals surface area contributed by atoms with Crippen molar-refractivity contribution >= 4 is 17.4 Å². The molecule has 0 saturated heterocycles. The predicted molar refractivity (Wildman–Crippen MR) is 74.8 cm³/mol. The molecule has 0 saturated carbocycles. The van der Waals surface area contributed by atoms with Gasteiger partial charge in [0, 0.05) is 19.3 Å². The number of halogens is 1. The first-order valence-electron chi connectivity index (χ1n) is 5.99. The maximum atomic E-state index is 5.79. The lowest BCUT2D eigenvalue weighted by Crippen LogP contribution is -2.23. The maximum absolute atomic E-state index is 5.79. The maximum Gasteiger partial charge on any atom is 0.147 e. The third-order valence-electron chi connectivity index (χ3n) is 2.73. The van der Waals surface area contributed by atoms with Crippen molar-refractivity contribution < 1.29 is 0 Å². The van der Waals surface area contributed by atoms with Crippen LogP contribution in [-0.2, 0) is 12.4 Å².